The molecule has 3 N–H and O–H groups in total. The molecule has 1 atom stereocenters. The first-order valence-corrected chi connectivity index (χ1v) is 8.36. The molecular formula is C18H25N3O2S. The number of ether oxygens (including phenoxy) is 2. The first kappa shape index (κ1) is 18.1. The molecule has 24 heavy (non-hydrogen) atoms. The summed E-state index contributed by atoms with van der Waals surface area (Å²) in [6, 6.07) is 5.84. The molecule has 1 aromatic rings. The molecular weight excluding hydrogens is 322 g/mol. The molecule has 1 aliphatic rings. The van der Waals surface area contributed by atoms with Crippen molar-refractivity contribution >= 4 is 17.3 Å². The Labute approximate surface area is 149 Å². The van der Waals surface area contributed by atoms with E-state index in [9.17, 15) is 0 Å². The van der Waals surface area contributed by atoms with E-state index in [1.807, 2.05) is 30.4 Å². The van der Waals surface area contributed by atoms with Crippen LogP contribution in [0.1, 0.15) is 18.9 Å². The molecule has 0 saturated heterocycles. The Balaban J connectivity index is 2.19. The van der Waals surface area contributed by atoms with Crippen LogP contribution in [-0.4, -0.2) is 36.4 Å². The maximum Gasteiger partial charge on any atom is 0.165 e. The Morgan fingerprint density at radius 2 is 2.08 bits per heavy atom. The minimum Gasteiger partial charge on any atom is -0.497 e. The largest absolute Gasteiger partial charge is 0.497 e. The van der Waals surface area contributed by atoms with E-state index >= 15 is 0 Å². The topological polar surface area (TPSA) is 59.8 Å². The maximum atomic E-state index is 5.74. The van der Waals surface area contributed by atoms with Gasteiger partial charge in [-0.1, -0.05) is 13.0 Å². The average Bonchev–Trinajstić information content (AvgIpc) is 2.60. The van der Waals surface area contributed by atoms with Crippen molar-refractivity contribution in [3.05, 3.63) is 48.2 Å². The molecule has 1 unspecified atom stereocenters. The van der Waals surface area contributed by atoms with Gasteiger partial charge in [0.25, 0.3) is 0 Å². The Hall–Kier alpha value is -2.21. The van der Waals surface area contributed by atoms with Crippen molar-refractivity contribution in [3.8, 4) is 11.5 Å². The normalized spacial score (nSPS) is 19.2. The number of hydrogen-bond donors (Lipinski definition) is 2. The van der Waals surface area contributed by atoms with Crippen molar-refractivity contribution in [1.82, 2.24) is 10.2 Å². The molecule has 2 rings (SSSR count). The van der Waals surface area contributed by atoms with Crippen molar-refractivity contribution in [3.63, 3.8) is 0 Å². The van der Waals surface area contributed by atoms with Gasteiger partial charge in [-0.05, 0) is 61.0 Å². The minimum absolute atomic E-state index is 0.292. The monoisotopic (exact) mass is 347 g/mol. The number of methoxy groups -OCH3 is 2. The van der Waals surface area contributed by atoms with Crippen LogP contribution < -0.4 is 20.5 Å². The Morgan fingerprint density at radius 3 is 2.71 bits per heavy atom. The highest BCUT2D eigenvalue weighted by atomic mass is 32.1. The molecule has 0 radical (unpaired) electrons. The van der Waals surface area contributed by atoms with Gasteiger partial charge in [0, 0.05) is 12.7 Å². The summed E-state index contributed by atoms with van der Waals surface area (Å²) in [4.78, 5) is 2.21. The highest BCUT2D eigenvalue weighted by molar-refractivity contribution is 7.80. The third-order valence-corrected chi connectivity index (χ3v) is 4.35. The number of thiocarbonyl (C=S) groups is 1. The lowest BCUT2D eigenvalue weighted by Crippen LogP contribution is -2.59. The van der Waals surface area contributed by atoms with Gasteiger partial charge in [-0.2, -0.15) is 0 Å². The zero-order chi connectivity index (χ0) is 17.6. The fraction of sp³-hybridized carbons (Fsp3) is 0.389. The van der Waals surface area contributed by atoms with Crippen LogP contribution in [0.3, 0.4) is 0 Å². The first-order chi connectivity index (χ1) is 11.5. The summed E-state index contributed by atoms with van der Waals surface area (Å²) in [6.45, 7) is 2.89. The van der Waals surface area contributed by atoms with E-state index < -0.39 is 5.66 Å². The summed E-state index contributed by atoms with van der Waals surface area (Å²) >= 11 is 5.06. The Kier molecular flexibility index (Phi) is 6.09. The van der Waals surface area contributed by atoms with E-state index in [1.165, 1.54) is 0 Å². The smallest absolute Gasteiger partial charge is 0.165 e. The highest BCUT2D eigenvalue weighted by Gasteiger charge is 2.32. The van der Waals surface area contributed by atoms with E-state index in [4.69, 9.17) is 27.4 Å². The molecule has 1 aliphatic heterocycles. The van der Waals surface area contributed by atoms with Crippen molar-refractivity contribution in [2.75, 3.05) is 20.8 Å². The molecule has 0 aliphatic carbocycles. The zero-order valence-electron chi connectivity index (χ0n) is 14.4. The quantitative estimate of drug-likeness (QED) is 0.740. The predicted octanol–water partition coefficient (Wildman–Crippen LogP) is 2.57. The highest BCUT2D eigenvalue weighted by Crippen LogP contribution is 2.27. The number of nitrogens with zero attached hydrogens (tertiary/aromatic N) is 1. The number of benzene rings is 1. The lowest BCUT2D eigenvalue weighted by atomic mass is 10.0. The van der Waals surface area contributed by atoms with Gasteiger partial charge < -0.3 is 25.4 Å². The van der Waals surface area contributed by atoms with Crippen LogP contribution in [0.4, 0.5) is 0 Å². The molecule has 130 valence electrons. The Bertz CT molecular complexity index is 645. The second-order valence-electron chi connectivity index (χ2n) is 5.59. The zero-order valence-corrected chi connectivity index (χ0v) is 15.2. The van der Waals surface area contributed by atoms with Crippen molar-refractivity contribution < 1.29 is 9.47 Å². The van der Waals surface area contributed by atoms with Gasteiger partial charge in [0.2, 0.25) is 0 Å². The molecule has 1 aromatic carbocycles. The number of hydrogen-bond acceptors (Lipinski definition) is 4. The summed E-state index contributed by atoms with van der Waals surface area (Å²) in [7, 11) is 3.34. The molecule has 0 amide bonds. The van der Waals surface area contributed by atoms with Crippen LogP contribution in [0.2, 0.25) is 0 Å². The van der Waals surface area contributed by atoms with Crippen molar-refractivity contribution in [2.24, 2.45) is 5.73 Å². The van der Waals surface area contributed by atoms with E-state index in [0.717, 1.165) is 36.4 Å². The number of nitrogens with two attached hydrogens (primary N) is 1. The van der Waals surface area contributed by atoms with Crippen LogP contribution in [0.25, 0.3) is 0 Å². The molecule has 0 fully saturated rings. The molecule has 6 heteroatoms. The fourth-order valence-corrected chi connectivity index (χ4v) is 3.10. The third-order valence-electron chi connectivity index (χ3n) is 4.25. The van der Waals surface area contributed by atoms with Crippen molar-refractivity contribution in [2.45, 2.75) is 25.4 Å². The van der Waals surface area contributed by atoms with Crippen LogP contribution in [0.5, 0.6) is 11.5 Å². The van der Waals surface area contributed by atoms with Gasteiger partial charge >= 0.3 is 0 Å². The number of rotatable bonds is 7. The summed E-state index contributed by atoms with van der Waals surface area (Å²) in [5.41, 5.74) is 6.44. The van der Waals surface area contributed by atoms with Gasteiger partial charge in [-0.25, -0.2) is 0 Å². The molecule has 5 nitrogen and oxygen atoms in total. The standard InChI is InChI=1S/C18H25N3O2S/c1-4-18(20-17(19)24)10-5-6-11-21(18)12-9-14-13-15(22-2)7-8-16(14)23-3/h5-8,10-11,13H,4,9,12H2,1-3H3,(H3,19,20,24). The summed E-state index contributed by atoms with van der Waals surface area (Å²) in [6.07, 6.45) is 9.81. The second-order valence-corrected chi connectivity index (χ2v) is 6.03. The summed E-state index contributed by atoms with van der Waals surface area (Å²) in [5, 5.41) is 3.52. The molecule has 0 spiro atoms. The van der Waals surface area contributed by atoms with Gasteiger partial charge in [-0.3, -0.25) is 0 Å². The molecule has 0 bridgehead atoms. The van der Waals surface area contributed by atoms with Gasteiger partial charge in [0.05, 0.1) is 14.2 Å². The Morgan fingerprint density at radius 1 is 1.29 bits per heavy atom. The minimum atomic E-state index is -0.396. The summed E-state index contributed by atoms with van der Waals surface area (Å²) in [5.74, 6) is 1.68. The van der Waals surface area contributed by atoms with Crippen LogP contribution in [-0.2, 0) is 6.42 Å². The second kappa shape index (κ2) is 8.06. The van der Waals surface area contributed by atoms with Gasteiger partial charge in [0.1, 0.15) is 17.2 Å². The van der Waals surface area contributed by atoms with Crippen molar-refractivity contribution in [1.29, 1.82) is 0 Å². The molecule has 0 aromatic heterocycles. The fourth-order valence-electron chi connectivity index (χ4n) is 2.93. The number of allylic oxidation sites excluding steroid dienone is 2. The lowest BCUT2D eigenvalue weighted by Gasteiger charge is -2.43. The van der Waals surface area contributed by atoms with Gasteiger partial charge in [-0.15, -0.1) is 0 Å². The number of nitrogens with one attached hydrogen (secondary N) is 1. The third kappa shape index (κ3) is 4.00. The summed E-state index contributed by atoms with van der Waals surface area (Å²) < 4.78 is 10.8. The van der Waals surface area contributed by atoms with E-state index in [1.54, 1.807) is 14.2 Å². The van der Waals surface area contributed by atoms with E-state index in [2.05, 4.69) is 29.4 Å². The van der Waals surface area contributed by atoms with E-state index in [0.29, 0.717) is 5.11 Å². The SMILES string of the molecule is CCC1(NC(N)=S)C=CC=CN1CCc1cc(OC)ccc1OC. The first-order valence-electron chi connectivity index (χ1n) is 7.96. The molecule has 0 saturated carbocycles. The lowest BCUT2D eigenvalue weighted by molar-refractivity contribution is 0.171. The van der Waals surface area contributed by atoms with Crippen LogP contribution in [0.15, 0.2) is 42.6 Å². The van der Waals surface area contributed by atoms with E-state index in [-0.39, 0.29) is 0 Å². The average molecular weight is 347 g/mol. The maximum absolute atomic E-state index is 5.74. The predicted molar refractivity (Wildman–Crippen MR) is 101 cm³/mol. The van der Waals surface area contributed by atoms with Gasteiger partial charge in [0.15, 0.2) is 5.11 Å². The van der Waals surface area contributed by atoms with Crippen LogP contribution in [0, 0.1) is 0 Å². The van der Waals surface area contributed by atoms with Crippen LogP contribution >= 0.6 is 12.2 Å². The molecule has 1 heterocycles.